The molecule has 1 N–H and O–H groups in total. The molecule has 4 aromatic rings. The maximum Gasteiger partial charge on any atom is 0.119 e. The van der Waals surface area contributed by atoms with Gasteiger partial charge in [0.15, 0.2) is 0 Å². The van der Waals surface area contributed by atoms with Crippen molar-refractivity contribution in [3.63, 3.8) is 0 Å². The van der Waals surface area contributed by atoms with Crippen LogP contribution in [0.3, 0.4) is 0 Å². The zero-order valence-corrected chi connectivity index (χ0v) is 34.6. The average Bonchev–Trinajstić information content (AvgIpc) is 3.12. The van der Waals surface area contributed by atoms with Crippen molar-refractivity contribution in [2.45, 2.75) is 176 Å². The first-order valence-corrected chi connectivity index (χ1v) is 21.4. The van der Waals surface area contributed by atoms with Gasteiger partial charge in [-0.1, -0.05) is 162 Å². The Morgan fingerprint density at radius 3 is 1.08 bits per heavy atom. The second-order valence-electron chi connectivity index (χ2n) is 16.0. The average molecular weight is 701 g/mol. The van der Waals surface area contributed by atoms with Crippen molar-refractivity contribution < 1.29 is 5.11 Å². The van der Waals surface area contributed by atoms with Crippen LogP contribution in [0.4, 0.5) is 0 Å². The Hall–Kier alpha value is -3.32. The standard InChI is InChI=1S/C51H72O/c1-10-19-39-25-16-28-42(46(39)22-13-4)33-36(7)45-31-32-49(52)51(38(9)35-44-30-18-27-41(21-12-3)48(44)24-15-6)50(45)37(8)34-43-29-17-26-40(20-11-2)47(43)23-14-5/h16-18,25-32,36-38,52H,10-15,19-24,33-35H2,1-9H3. The molecule has 0 spiro atoms. The second kappa shape index (κ2) is 20.8. The van der Waals surface area contributed by atoms with Gasteiger partial charge in [0.1, 0.15) is 5.75 Å². The number of aryl methyl sites for hydroxylation is 3. The van der Waals surface area contributed by atoms with E-state index >= 15 is 0 Å². The van der Waals surface area contributed by atoms with Crippen LogP contribution in [0, 0.1) is 0 Å². The highest BCUT2D eigenvalue weighted by Crippen LogP contribution is 2.43. The van der Waals surface area contributed by atoms with Crippen molar-refractivity contribution >= 4 is 0 Å². The van der Waals surface area contributed by atoms with Crippen molar-refractivity contribution in [3.05, 3.63) is 133 Å². The maximum absolute atomic E-state index is 11.9. The predicted molar refractivity (Wildman–Crippen MR) is 228 cm³/mol. The highest BCUT2D eigenvalue weighted by atomic mass is 16.3. The number of hydrogen-bond acceptors (Lipinski definition) is 1. The minimum absolute atomic E-state index is 0.196. The van der Waals surface area contributed by atoms with Crippen LogP contribution in [0.1, 0.15) is 185 Å². The van der Waals surface area contributed by atoms with Crippen LogP contribution in [0.2, 0.25) is 0 Å². The molecule has 0 aliphatic carbocycles. The molecule has 282 valence electrons. The molecule has 0 saturated carbocycles. The fraction of sp³-hybridized carbons (Fsp3) is 0.529. The lowest BCUT2D eigenvalue weighted by Crippen LogP contribution is -2.15. The second-order valence-corrected chi connectivity index (χ2v) is 16.0. The third kappa shape index (κ3) is 10.2. The summed E-state index contributed by atoms with van der Waals surface area (Å²) in [4.78, 5) is 0. The third-order valence-corrected chi connectivity index (χ3v) is 11.6. The number of phenolic OH excluding ortho intramolecular Hbond substituents is 1. The summed E-state index contributed by atoms with van der Waals surface area (Å²) in [5.74, 6) is 1.28. The van der Waals surface area contributed by atoms with Gasteiger partial charge in [-0.25, -0.2) is 0 Å². The van der Waals surface area contributed by atoms with E-state index in [1.165, 1.54) is 75.8 Å². The van der Waals surface area contributed by atoms with Crippen LogP contribution in [-0.4, -0.2) is 5.11 Å². The van der Waals surface area contributed by atoms with Gasteiger partial charge in [0.05, 0.1) is 0 Å². The van der Waals surface area contributed by atoms with Gasteiger partial charge in [-0.3, -0.25) is 0 Å². The van der Waals surface area contributed by atoms with E-state index in [1.807, 2.05) is 6.07 Å². The first-order valence-electron chi connectivity index (χ1n) is 21.4. The molecule has 1 heteroatoms. The molecule has 0 aliphatic rings. The summed E-state index contributed by atoms with van der Waals surface area (Å²) in [5, 5.41) is 11.9. The van der Waals surface area contributed by atoms with E-state index in [4.69, 9.17) is 0 Å². The summed E-state index contributed by atoms with van der Waals surface area (Å²) in [5.41, 5.74) is 17.7. The smallest absolute Gasteiger partial charge is 0.119 e. The third-order valence-electron chi connectivity index (χ3n) is 11.6. The fourth-order valence-electron chi connectivity index (χ4n) is 9.30. The molecule has 0 amide bonds. The SMILES string of the molecule is CCCc1cccc(CC(C)c2ccc(O)c(C(C)Cc3cccc(CCC)c3CCC)c2C(C)Cc2cccc(CCC)c2CCC)c1CCC. The minimum atomic E-state index is 0.196. The van der Waals surface area contributed by atoms with E-state index in [0.29, 0.717) is 11.7 Å². The number of hydrogen-bond donors (Lipinski definition) is 1. The molecule has 0 aliphatic heterocycles. The molecule has 52 heavy (non-hydrogen) atoms. The Kier molecular flexibility index (Phi) is 16.6. The van der Waals surface area contributed by atoms with Crippen LogP contribution in [0.15, 0.2) is 66.7 Å². The quantitative estimate of drug-likeness (QED) is 0.0917. The lowest BCUT2D eigenvalue weighted by molar-refractivity contribution is 0.458. The van der Waals surface area contributed by atoms with Crippen molar-refractivity contribution in [2.24, 2.45) is 0 Å². The first-order chi connectivity index (χ1) is 25.2. The van der Waals surface area contributed by atoms with Gasteiger partial charge in [-0.05, 0) is 143 Å². The molecular weight excluding hydrogens is 629 g/mol. The summed E-state index contributed by atoms with van der Waals surface area (Å²) in [6.07, 6.45) is 16.8. The van der Waals surface area contributed by atoms with Gasteiger partial charge < -0.3 is 5.11 Å². The molecule has 4 rings (SSSR count). The van der Waals surface area contributed by atoms with Crippen molar-refractivity contribution in [3.8, 4) is 5.75 Å². The molecule has 0 saturated heterocycles. The van der Waals surface area contributed by atoms with E-state index < -0.39 is 0 Å². The zero-order valence-electron chi connectivity index (χ0n) is 34.6. The van der Waals surface area contributed by atoms with E-state index in [-0.39, 0.29) is 11.8 Å². The van der Waals surface area contributed by atoms with Crippen molar-refractivity contribution in [2.75, 3.05) is 0 Å². The van der Waals surface area contributed by atoms with Crippen LogP contribution in [0.25, 0.3) is 0 Å². The molecule has 0 aromatic heterocycles. The van der Waals surface area contributed by atoms with E-state index in [9.17, 15) is 5.11 Å². The summed E-state index contributed by atoms with van der Waals surface area (Å²) >= 11 is 0. The molecule has 0 heterocycles. The van der Waals surface area contributed by atoms with Crippen LogP contribution in [-0.2, 0) is 57.8 Å². The Bertz CT molecular complexity index is 1690. The Morgan fingerprint density at radius 2 is 0.712 bits per heavy atom. The van der Waals surface area contributed by atoms with Gasteiger partial charge >= 0.3 is 0 Å². The molecule has 0 fully saturated rings. The van der Waals surface area contributed by atoms with Gasteiger partial charge in [0, 0.05) is 5.56 Å². The molecular formula is C51H72O. The zero-order chi connectivity index (χ0) is 37.6. The molecule has 4 aromatic carbocycles. The van der Waals surface area contributed by atoms with Crippen molar-refractivity contribution in [1.29, 1.82) is 0 Å². The Morgan fingerprint density at radius 1 is 0.385 bits per heavy atom. The lowest BCUT2D eigenvalue weighted by Gasteiger charge is -2.29. The maximum atomic E-state index is 11.9. The lowest BCUT2D eigenvalue weighted by atomic mass is 9.75. The molecule has 0 bridgehead atoms. The molecule has 0 radical (unpaired) electrons. The monoisotopic (exact) mass is 701 g/mol. The minimum Gasteiger partial charge on any atom is -0.508 e. The number of aromatic hydroxyl groups is 1. The number of rotatable bonds is 21. The van der Waals surface area contributed by atoms with Crippen LogP contribution >= 0.6 is 0 Å². The number of phenols is 1. The first kappa shape index (κ1) is 41.4. The van der Waals surface area contributed by atoms with Gasteiger partial charge in [-0.2, -0.15) is 0 Å². The van der Waals surface area contributed by atoms with Gasteiger partial charge in [-0.15, -0.1) is 0 Å². The summed E-state index contributed by atoms with van der Waals surface area (Å²) in [6, 6.07) is 25.4. The molecule has 3 atom stereocenters. The molecule has 3 unspecified atom stereocenters. The fourth-order valence-corrected chi connectivity index (χ4v) is 9.30. The van der Waals surface area contributed by atoms with E-state index in [2.05, 4.69) is 123 Å². The van der Waals surface area contributed by atoms with E-state index in [1.54, 1.807) is 16.7 Å². The van der Waals surface area contributed by atoms with Crippen LogP contribution < -0.4 is 0 Å². The van der Waals surface area contributed by atoms with Crippen molar-refractivity contribution in [1.82, 2.24) is 0 Å². The Balaban J connectivity index is 1.86. The summed E-state index contributed by atoms with van der Waals surface area (Å²) in [7, 11) is 0. The highest BCUT2D eigenvalue weighted by molar-refractivity contribution is 5.52. The van der Waals surface area contributed by atoms with Gasteiger partial charge in [0.25, 0.3) is 0 Å². The Labute approximate surface area is 319 Å². The largest absolute Gasteiger partial charge is 0.508 e. The topological polar surface area (TPSA) is 20.2 Å². The highest BCUT2D eigenvalue weighted by Gasteiger charge is 2.27. The number of benzene rings is 4. The van der Waals surface area contributed by atoms with E-state index in [0.717, 1.165) is 70.6 Å². The normalized spacial score (nSPS) is 13.3. The summed E-state index contributed by atoms with van der Waals surface area (Å²) < 4.78 is 0. The van der Waals surface area contributed by atoms with Crippen LogP contribution in [0.5, 0.6) is 5.75 Å². The molecule has 1 nitrogen and oxygen atoms in total. The summed E-state index contributed by atoms with van der Waals surface area (Å²) in [6.45, 7) is 21.1. The van der Waals surface area contributed by atoms with Gasteiger partial charge in [0.2, 0.25) is 0 Å². The predicted octanol–water partition coefficient (Wildman–Crippen LogP) is 14.1.